The fourth-order valence-corrected chi connectivity index (χ4v) is 2.84. The largest absolute Gasteiger partial charge is 0.489 e. The van der Waals surface area contributed by atoms with Crippen molar-refractivity contribution in [3.63, 3.8) is 0 Å². The number of hydrazone groups is 1. The lowest BCUT2D eigenvalue weighted by Gasteiger charge is -2.09. The van der Waals surface area contributed by atoms with Crippen molar-refractivity contribution in [2.45, 2.75) is 12.8 Å². The number of ether oxygens (including phenoxy) is 1. The molecule has 2 N–H and O–H groups in total. The molecule has 0 unspecified atom stereocenters. The van der Waals surface area contributed by atoms with Crippen LogP contribution in [0.3, 0.4) is 0 Å². The number of hydrogen-bond acceptors (Lipinski definition) is 4. The molecule has 176 valence electrons. The van der Waals surface area contributed by atoms with Crippen LogP contribution < -0.4 is 15.5 Å². The molecule has 0 saturated carbocycles. The summed E-state index contributed by atoms with van der Waals surface area (Å²) in [5.41, 5.74) is 1.93. The number of rotatable bonds is 6. The standard InChI is InChI=1S/C23H16ClF4N3O3/c24-19-2-1-3-20(25)18(19)13-34-17-10-4-14(5-11-17)12-29-31-22(33)21(32)30-16-8-6-15(7-9-16)23(26,27)28/h1-12H,13H2,(H,30,32)(H,31,33). The first-order chi connectivity index (χ1) is 16.1. The summed E-state index contributed by atoms with van der Waals surface area (Å²) in [6, 6.07) is 14.3. The lowest BCUT2D eigenvalue weighted by atomic mass is 10.2. The first-order valence-electron chi connectivity index (χ1n) is 9.61. The molecule has 0 heterocycles. The van der Waals surface area contributed by atoms with Crippen LogP contribution in [0.25, 0.3) is 0 Å². The third kappa shape index (κ3) is 6.79. The van der Waals surface area contributed by atoms with Crippen LogP contribution >= 0.6 is 11.6 Å². The molecule has 0 aliphatic carbocycles. The monoisotopic (exact) mass is 493 g/mol. The fraction of sp³-hybridized carbons (Fsp3) is 0.0870. The number of halogens is 5. The van der Waals surface area contributed by atoms with E-state index in [1.165, 1.54) is 18.3 Å². The number of nitrogens with zero attached hydrogens (tertiary/aromatic N) is 1. The van der Waals surface area contributed by atoms with Gasteiger partial charge in [0.2, 0.25) is 0 Å². The Morgan fingerprint density at radius 3 is 2.26 bits per heavy atom. The highest BCUT2D eigenvalue weighted by Crippen LogP contribution is 2.29. The van der Waals surface area contributed by atoms with E-state index in [1.807, 2.05) is 5.43 Å². The van der Waals surface area contributed by atoms with Crippen LogP contribution in [0.4, 0.5) is 23.2 Å². The second-order valence-electron chi connectivity index (χ2n) is 6.79. The smallest absolute Gasteiger partial charge is 0.416 e. The number of alkyl halides is 3. The first kappa shape index (κ1) is 24.7. The Balaban J connectivity index is 1.48. The minimum absolute atomic E-state index is 0.0180. The maximum absolute atomic E-state index is 13.8. The molecular weight excluding hydrogens is 478 g/mol. The Morgan fingerprint density at radius 1 is 0.971 bits per heavy atom. The highest BCUT2D eigenvalue weighted by Gasteiger charge is 2.30. The van der Waals surface area contributed by atoms with Crippen LogP contribution in [0.5, 0.6) is 5.75 Å². The third-order valence-electron chi connectivity index (χ3n) is 4.38. The van der Waals surface area contributed by atoms with Gasteiger partial charge in [0.05, 0.1) is 16.8 Å². The van der Waals surface area contributed by atoms with Gasteiger partial charge in [0.1, 0.15) is 18.2 Å². The number of amides is 2. The van der Waals surface area contributed by atoms with Crippen LogP contribution in [0.15, 0.2) is 71.8 Å². The highest BCUT2D eigenvalue weighted by atomic mass is 35.5. The molecule has 0 spiro atoms. The summed E-state index contributed by atoms with van der Waals surface area (Å²) in [4.78, 5) is 23.7. The SMILES string of the molecule is O=C(NN=Cc1ccc(OCc2c(F)cccc2Cl)cc1)C(=O)Nc1ccc(C(F)(F)F)cc1. The molecule has 0 atom stereocenters. The zero-order valence-electron chi connectivity index (χ0n) is 17.2. The average molecular weight is 494 g/mol. The third-order valence-corrected chi connectivity index (χ3v) is 4.74. The summed E-state index contributed by atoms with van der Waals surface area (Å²) in [6.45, 7) is -0.0664. The van der Waals surface area contributed by atoms with E-state index >= 15 is 0 Å². The Morgan fingerprint density at radius 2 is 1.65 bits per heavy atom. The quantitative estimate of drug-likeness (QED) is 0.215. The summed E-state index contributed by atoms with van der Waals surface area (Å²) >= 11 is 5.95. The van der Waals surface area contributed by atoms with E-state index in [9.17, 15) is 27.2 Å². The molecule has 0 bridgehead atoms. The second kappa shape index (κ2) is 10.8. The molecule has 3 rings (SSSR count). The van der Waals surface area contributed by atoms with Gasteiger partial charge < -0.3 is 10.1 Å². The molecule has 3 aromatic carbocycles. The van der Waals surface area contributed by atoms with Gasteiger partial charge >= 0.3 is 18.0 Å². The number of hydrogen-bond donors (Lipinski definition) is 2. The Kier molecular flexibility index (Phi) is 7.85. The molecule has 0 aliphatic heterocycles. The van der Waals surface area contributed by atoms with Crippen LogP contribution in [-0.4, -0.2) is 18.0 Å². The van der Waals surface area contributed by atoms with E-state index in [1.54, 1.807) is 30.3 Å². The normalized spacial score (nSPS) is 11.3. The molecule has 0 fully saturated rings. The number of benzene rings is 3. The number of nitrogens with one attached hydrogen (secondary N) is 2. The van der Waals surface area contributed by atoms with E-state index in [0.29, 0.717) is 11.3 Å². The van der Waals surface area contributed by atoms with E-state index in [0.717, 1.165) is 24.3 Å². The van der Waals surface area contributed by atoms with E-state index in [2.05, 4.69) is 10.4 Å². The molecule has 3 aromatic rings. The minimum atomic E-state index is -4.51. The van der Waals surface area contributed by atoms with Gasteiger partial charge in [-0.05, 0) is 66.2 Å². The van der Waals surface area contributed by atoms with Gasteiger partial charge in [0.15, 0.2) is 0 Å². The Bertz CT molecular complexity index is 1180. The summed E-state index contributed by atoms with van der Waals surface area (Å²) in [7, 11) is 0. The van der Waals surface area contributed by atoms with Crippen molar-refractivity contribution in [2.24, 2.45) is 5.10 Å². The minimum Gasteiger partial charge on any atom is -0.489 e. The van der Waals surface area contributed by atoms with Crippen molar-refractivity contribution >= 4 is 35.3 Å². The van der Waals surface area contributed by atoms with Crippen LogP contribution in [-0.2, 0) is 22.4 Å². The Labute approximate surface area is 196 Å². The van der Waals surface area contributed by atoms with E-state index in [4.69, 9.17) is 16.3 Å². The van der Waals surface area contributed by atoms with Crippen molar-refractivity contribution in [2.75, 3.05) is 5.32 Å². The summed E-state index contributed by atoms with van der Waals surface area (Å²) in [5.74, 6) is -2.25. The van der Waals surface area contributed by atoms with Gasteiger partial charge in [-0.2, -0.15) is 18.3 Å². The lowest BCUT2D eigenvalue weighted by Crippen LogP contribution is -2.32. The van der Waals surface area contributed by atoms with Gasteiger partial charge in [-0.3, -0.25) is 9.59 Å². The summed E-state index contributed by atoms with van der Waals surface area (Å²) < 4.78 is 57.0. The highest BCUT2D eigenvalue weighted by molar-refractivity contribution is 6.39. The molecule has 6 nitrogen and oxygen atoms in total. The maximum Gasteiger partial charge on any atom is 0.416 e. The maximum atomic E-state index is 13.8. The first-order valence-corrected chi connectivity index (χ1v) is 9.98. The molecule has 2 amide bonds. The predicted molar refractivity (Wildman–Crippen MR) is 118 cm³/mol. The zero-order valence-corrected chi connectivity index (χ0v) is 18.0. The molecule has 34 heavy (non-hydrogen) atoms. The van der Waals surface area contributed by atoms with Crippen LogP contribution in [0.1, 0.15) is 16.7 Å². The number of anilines is 1. The molecule has 11 heteroatoms. The molecule has 0 radical (unpaired) electrons. The second-order valence-corrected chi connectivity index (χ2v) is 7.19. The molecule has 0 aromatic heterocycles. The van der Waals surface area contributed by atoms with Crippen molar-refractivity contribution < 1.29 is 31.9 Å². The van der Waals surface area contributed by atoms with Crippen LogP contribution in [0.2, 0.25) is 5.02 Å². The summed E-state index contributed by atoms with van der Waals surface area (Å²) in [6.07, 6.45) is -3.24. The van der Waals surface area contributed by atoms with Crippen molar-refractivity contribution in [3.8, 4) is 5.75 Å². The lowest BCUT2D eigenvalue weighted by molar-refractivity contribution is -0.137. The van der Waals surface area contributed by atoms with Gasteiger partial charge in [-0.25, -0.2) is 9.82 Å². The molecule has 0 saturated heterocycles. The van der Waals surface area contributed by atoms with Gasteiger partial charge in [0.25, 0.3) is 0 Å². The van der Waals surface area contributed by atoms with E-state index < -0.39 is 29.4 Å². The average Bonchev–Trinajstić information content (AvgIpc) is 2.79. The van der Waals surface area contributed by atoms with Crippen molar-refractivity contribution in [1.82, 2.24) is 5.43 Å². The number of carbonyl (C=O) groups is 2. The Hall–Kier alpha value is -3.92. The number of carbonyl (C=O) groups excluding carboxylic acids is 2. The summed E-state index contributed by atoms with van der Waals surface area (Å²) in [5, 5.41) is 6.07. The zero-order chi connectivity index (χ0) is 24.7. The van der Waals surface area contributed by atoms with Gasteiger partial charge in [0, 0.05) is 11.3 Å². The van der Waals surface area contributed by atoms with E-state index in [-0.39, 0.29) is 22.9 Å². The predicted octanol–water partition coefficient (Wildman–Crippen LogP) is 5.17. The van der Waals surface area contributed by atoms with Gasteiger partial charge in [-0.1, -0.05) is 17.7 Å². The van der Waals surface area contributed by atoms with Crippen molar-refractivity contribution in [3.05, 3.63) is 94.3 Å². The van der Waals surface area contributed by atoms with Crippen LogP contribution in [0, 0.1) is 5.82 Å². The van der Waals surface area contributed by atoms with Crippen molar-refractivity contribution in [1.29, 1.82) is 0 Å². The van der Waals surface area contributed by atoms with Gasteiger partial charge in [-0.15, -0.1) is 0 Å². The molecule has 0 aliphatic rings. The topological polar surface area (TPSA) is 79.8 Å². The fourth-order valence-electron chi connectivity index (χ4n) is 2.62. The molecular formula is C23H16ClF4N3O3.